The molecule has 0 saturated heterocycles. The van der Waals surface area contributed by atoms with E-state index in [0.29, 0.717) is 17.9 Å². The summed E-state index contributed by atoms with van der Waals surface area (Å²) in [4.78, 5) is 0. The standard InChI is InChI=1S/C16H23N/c1-11-15(9-10-16(11)17)14-7-5-13(6-8-14)12-3-2-4-12/h5-8,11-12,15-16H,2-4,9-10,17H2,1H3. The van der Waals surface area contributed by atoms with E-state index in [4.69, 9.17) is 5.73 Å². The highest BCUT2D eigenvalue weighted by Crippen LogP contribution is 2.40. The smallest absolute Gasteiger partial charge is 0.00705 e. The normalized spacial score (nSPS) is 33.6. The molecule has 3 atom stereocenters. The summed E-state index contributed by atoms with van der Waals surface area (Å²) < 4.78 is 0. The van der Waals surface area contributed by atoms with E-state index in [1.54, 1.807) is 5.56 Å². The first-order valence-corrected chi connectivity index (χ1v) is 7.11. The Balaban J connectivity index is 1.75. The second-order valence-corrected chi connectivity index (χ2v) is 6.00. The second kappa shape index (κ2) is 4.45. The third kappa shape index (κ3) is 2.01. The van der Waals surface area contributed by atoms with Crippen LogP contribution in [0.1, 0.15) is 62.0 Å². The number of nitrogens with two attached hydrogens (primary N) is 1. The minimum atomic E-state index is 0.409. The molecule has 3 unspecified atom stereocenters. The van der Waals surface area contributed by atoms with Crippen LogP contribution >= 0.6 is 0 Å². The average molecular weight is 229 g/mol. The van der Waals surface area contributed by atoms with Crippen LogP contribution in [0.4, 0.5) is 0 Å². The Hall–Kier alpha value is -0.820. The monoisotopic (exact) mass is 229 g/mol. The van der Waals surface area contributed by atoms with Gasteiger partial charge in [-0.25, -0.2) is 0 Å². The summed E-state index contributed by atoms with van der Waals surface area (Å²) in [7, 11) is 0. The quantitative estimate of drug-likeness (QED) is 0.820. The molecular weight excluding hydrogens is 206 g/mol. The van der Waals surface area contributed by atoms with E-state index < -0.39 is 0 Å². The third-order valence-electron chi connectivity index (χ3n) is 5.06. The molecule has 1 heteroatoms. The van der Waals surface area contributed by atoms with Crippen LogP contribution in [0.25, 0.3) is 0 Å². The maximum absolute atomic E-state index is 6.11. The van der Waals surface area contributed by atoms with Gasteiger partial charge in [-0.05, 0) is 54.6 Å². The molecule has 3 rings (SSSR count). The maximum atomic E-state index is 6.11. The van der Waals surface area contributed by atoms with Crippen LogP contribution in [-0.2, 0) is 0 Å². The summed E-state index contributed by atoms with van der Waals surface area (Å²) in [5.41, 5.74) is 9.17. The highest BCUT2D eigenvalue weighted by molar-refractivity contribution is 5.30. The van der Waals surface area contributed by atoms with E-state index in [0.717, 1.165) is 5.92 Å². The zero-order valence-corrected chi connectivity index (χ0v) is 10.7. The Morgan fingerprint density at radius 2 is 1.59 bits per heavy atom. The van der Waals surface area contributed by atoms with Crippen molar-refractivity contribution in [3.8, 4) is 0 Å². The molecule has 0 bridgehead atoms. The minimum Gasteiger partial charge on any atom is -0.327 e. The summed E-state index contributed by atoms with van der Waals surface area (Å²) >= 11 is 0. The van der Waals surface area contributed by atoms with Gasteiger partial charge in [0.15, 0.2) is 0 Å². The van der Waals surface area contributed by atoms with Crippen molar-refractivity contribution in [2.24, 2.45) is 11.7 Å². The Labute approximate surface area is 104 Å². The van der Waals surface area contributed by atoms with E-state index in [-0.39, 0.29) is 0 Å². The molecule has 0 aromatic heterocycles. The average Bonchev–Trinajstić information content (AvgIpc) is 2.59. The van der Waals surface area contributed by atoms with Crippen LogP contribution in [-0.4, -0.2) is 6.04 Å². The largest absolute Gasteiger partial charge is 0.327 e. The van der Waals surface area contributed by atoms with Crippen LogP contribution < -0.4 is 5.73 Å². The summed E-state index contributed by atoms with van der Waals surface area (Å²) in [6, 6.07) is 9.83. The van der Waals surface area contributed by atoms with Gasteiger partial charge in [-0.2, -0.15) is 0 Å². The molecule has 0 amide bonds. The molecule has 0 radical (unpaired) electrons. The first-order chi connectivity index (χ1) is 8.25. The lowest BCUT2D eigenvalue weighted by Crippen LogP contribution is -2.24. The van der Waals surface area contributed by atoms with Gasteiger partial charge in [-0.3, -0.25) is 0 Å². The van der Waals surface area contributed by atoms with Gasteiger partial charge in [0.2, 0.25) is 0 Å². The number of rotatable bonds is 2. The SMILES string of the molecule is CC1C(N)CCC1c1ccc(C2CCC2)cc1. The number of hydrogen-bond donors (Lipinski definition) is 1. The maximum Gasteiger partial charge on any atom is 0.00705 e. The Morgan fingerprint density at radius 3 is 2.06 bits per heavy atom. The molecule has 2 aliphatic rings. The minimum absolute atomic E-state index is 0.409. The molecule has 2 aliphatic carbocycles. The molecule has 92 valence electrons. The van der Waals surface area contributed by atoms with Crippen molar-refractivity contribution in [3.05, 3.63) is 35.4 Å². The summed E-state index contributed by atoms with van der Waals surface area (Å²) in [6.07, 6.45) is 6.66. The second-order valence-electron chi connectivity index (χ2n) is 6.00. The van der Waals surface area contributed by atoms with E-state index in [9.17, 15) is 0 Å². The molecule has 0 spiro atoms. The van der Waals surface area contributed by atoms with Gasteiger partial charge in [-0.15, -0.1) is 0 Å². The lowest BCUT2D eigenvalue weighted by Gasteiger charge is -2.26. The lowest BCUT2D eigenvalue weighted by atomic mass is 9.79. The van der Waals surface area contributed by atoms with Crippen LogP contribution in [0.3, 0.4) is 0 Å². The van der Waals surface area contributed by atoms with Crippen molar-refractivity contribution in [2.45, 2.75) is 56.9 Å². The van der Waals surface area contributed by atoms with Crippen LogP contribution in [0.15, 0.2) is 24.3 Å². The van der Waals surface area contributed by atoms with Crippen molar-refractivity contribution in [1.82, 2.24) is 0 Å². The van der Waals surface area contributed by atoms with Gasteiger partial charge in [0.25, 0.3) is 0 Å². The molecule has 2 N–H and O–H groups in total. The van der Waals surface area contributed by atoms with Crippen LogP contribution in [0, 0.1) is 5.92 Å². The third-order valence-corrected chi connectivity index (χ3v) is 5.06. The van der Waals surface area contributed by atoms with Gasteiger partial charge in [-0.1, -0.05) is 37.6 Å². The highest BCUT2D eigenvalue weighted by atomic mass is 14.7. The molecular formula is C16H23N. The fourth-order valence-electron chi connectivity index (χ4n) is 3.42. The van der Waals surface area contributed by atoms with Gasteiger partial charge >= 0.3 is 0 Å². The number of benzene rings is 1. The zero-order valence-electron chi connectivity index (χ0n) is 10.7. The molecule has 2 saturated carbocycles. The molecule has 1 nitrogen and oxygen atoms in total. The predicted molar refractivity (Wildman–Crippen MR) is 72.1 cm³/mol. The molecule has 0 aliphatic heterocycles. The Kier molecular flexibility index (Phi) is 2.96. The van der Waals surface area contributed by atoms with Gasteiger partial charge < -0.3 is 5.73 Å². The fourth-order valence-corrected chi connectivity index (χ4v) is 3.42. The van der Waals surface area contributed by atoms with Gasteiger partial charge in [0.05, 0.1) is 0 Å². The molecule has 0 heterocycles. The Bertz CT molecular complexity index is 377. The molecule has 17 heavy (non-hydrogen) atoms. The fraction of sp³-hybridized carbons (Fsp3) is 0.625. The molecule has 2 fully saturated rings. The van der Waals surface area contributed by atoms with E-state index >= 15 is 0 Å². The van der Waals surface area contributed by atoms with E-state index in [1.165, 1.54) is 37.7 Å². The predicted octanol–water partition coefficient (Wildman–Crippen LogP) is 3.79. The van der Waals surface area contributed by atoms with Gasteiger partial charge in [0.1, 0.15) is 0 Å². The van der Waals surface area contributed by atoms with Crippen molar-refractivity contribution < 1.29 is 0 Å². The summed E-state index contributed by atoms with van der Waals surface area (Å²) in [5.74, 6) is 2.19. The Morgan fingerprint density at radius 1 is 0.941 bits per heavy atom. The van der Waals surface area contributed by atoms with Crippen molar-refractivity contribution in [2.75, 3.05) is 0 Å². The first kappa shape index (κ1) is 11.3. The van der Waals surface area contributed by atoms with Gasteiger partial charge in [0, 0.05) is 6.04 Å². The van der Waals surface area contributed by atoms with E-state index in [1.807, 2.05) is 0 Å². The summed E-state index contributed by atoms with van der Waals surface area (Å²) in [6.45, 7) is 2.31. The van der Waals surface area contributed by atoms with Crippen molar-refractivity contribution in [3.63, 3.8) is 0 Å². The topological polar surface area (TPSA) is 26.0 Å². The lowest BCUT2D eigenvalue weighted by molar-refractivity contribution is 0.419. The van der Waals surface area contributed by atoms with E-state index in [2.05, 4.69) is 31.2 Å². The summed E-state index contributed by atoms with van der Waals surface area (Å²) in [5, 5.41) is 0. The zero-order chi connectivity index (χ0) is 11.8. The highest BCUT2D eigenvalue weighted by Gasteiger charge is 2.31. The van der Waals surface area contributed by atoms with Crippen molar-refractivity contribution >= 4 is 0 Å². The first-order valence-electron chi connectivity index (χ1n) is 7.11. The molecule has 1 aromatic rings. The van der Waals surface area contributed by atoms with Crippen LogP contribution in [0.5, 0.6) is 0 Å². The van der Waals surface area contributed by atoms with Crippen LogP contribution in [0.2, 0.25) is 0 Å². The molecule has 1 aromatic carbocycles. The van der Waals surface area contributed by atoms with Crippen molar-refractivity contribution in [1.29, 1.82) is 0 Å². The number of hydrogen-bond acceptors (Lipinski definition) is 1.